The molecule has 0 fully saturated rings. The third kappa shape index (κ3) is 7.01. The zero-order valence-corrected chi connectivity index (χ0v) is 18.4. The fourth-order valence-corrected chi connectivity index (χ4v) is 3.29. The molecular weight excluding hydrogens is 348 g/mol. The lowest BCUT2D eigenvalue weighted by atomic mass is 9.85. The van der Waals surface area contributed by atoms with Crippen LogP contribution in [0.3, 0.4) is 0 Å². The van der Waals surface area contributed by atoms with E-state index in [0.29, 0.717) is 0 Å². The number of allylic oxidation sites excluding steroid dienone is 5. The molecule has 0 aliphatic rings. The monoisotopic (exact) mass is 384 g/mol. The minimum atomic E-state index is -0.183. The van der Waals surface area contributed by atoms with Crippen LogP contribution in [0.2, 0.25) is 0 Å². The van der Waals surface area contributed by atoms with Gasteiger partial charge < -0.3 is 10.0 Å². The first kappa shape index (κ1) is 23.7. The van der Waals surface area contributed by atoms with Gasteiger partial charge in [-0.2, -0.15) is 0 Å². The van der Waals surface area contributed by atoms with Gasteiger partial charge in [0.1, 0.15) is 0 Å². The predicted molar refractivity (Wildman–Crippen MR) is 118 cm³/mol. The highest BCUT2D eigenvalue weighted by Gasteiger charge is 2.34. The Kier molecular flexibility index (Phi) is 9.74. The van der Waals surface area contributed by atoms with Crippen molar-refractivity contribution in [1.82, 2.24) is 9.80 Å². The van der Waals surface area contributed by atoms with E-state index in [1.807, 2.05) is 38.1 Å². The fourth-order valence-electron chi connectivity index (χ4n) is 3.29. The second-order valence-electron chi connectivity index (χ2n) is 7.70. The Hall–Kier alpha value is -2.33. The van der Waals surface area contributed by atoms with Gasteiger partial charge in [0, 0.05) is 25.3 Å². The number of hydrogen-bond acceptors (Lipinski definition) is 3. The lowest BCUT2D eigenvalue weighted by molar-refractivity contribution is -0.135. The van der Waals surface area contributed by atoms with Gasteiger partial charge in [0.25, 0.3) is 0 Å². The molecule has 0 bridgehead atoms. The van der Waals surface area contributed by atoms with Crippen molar-refractivity contribution in [3.8, 4) is 0 Å². The molecule has 0 unspecified atom stereocenters. The van der Waals surface area contributed by atoms with Crippen molar-refractivity contribution in [2.24, 2.45) is 11.8 Å². The van der Waals surface area contributed by atoms with Gasteiger partial charge in [-0.15, -0.1) is 0 Å². The Labute approximate surface area is 170 Å². The number of carbonyl (C=O) groups excluding carboxylic acids is 1. The Balaban J connectivity index is 3.13. The first-order valence-corrected chi connectivity index (χ1v) is 9.87. The second kappa shape index (κ2) is 11.5. The van der Waals surface area contributed by atoms with E-state index >= 15 is 0 Å². The first-order chi connectivity index (χ1) is 13.2. The van der Waals surface area contributed by atoms with E-state index in [-0.39, 0.29) is 29.5 Å². The summed E-state index contributed by atoms with van der Waals surface area (Å²) in [5.41, 5.74) is 2.02. The molecule has 4 heteroatoms. The summed E-state index contributed by atoms with van der Waals surface area (Å²) in [6.45, 7) is 10.5. The number of amides is 1. The Morgan fingerprint density at radius 2 is 1.71 bits per heavy atom. The number of rotatable bonds is 9. The lowest BCUT2D eigenvalue weighted by Gasteiger charge is -2.36. The maximum atomic E-state index is 13.4. The molecule has 0 aliphatic heterocycles. The predicted octanol–water partition coefficient (Wildman–Crippen LogP) is 5.16. The van der Waals surface area contributed by atoms with Crippen molar-refractivity contribution in [1.29, 1.82) is 0 Å². The maximum Gasteiger partial charge on any atom is 0.231 e. The van der Waals surface area contributed by atoms with Crippen LogP contribution in [0.1, 0.15) is 40.2 Å². The minimum absolute atomic E-state index is 0.0110. The molecule has 0 aliphatic carbocycles. The average Bonchev–Trinajstić information content (AvgIpc) is 2.65. The quantitative estimate of drug-likeness (QED) is 0.363. The zero-order valence-electron chi connectivity index (χ0n) is 18.4. The van der Waals surface area contributed by atoms with Crippen molar-refractivity contribution < 1.29 is 9.90 Å². The van der Waals surface area contributed by atoms with Crippen molar-refractivity contribution in [2.75, 3.05) is 14.1 Å². The van der Waals surface area contributed by atoms with Crippen LogP contribution >= 0.6 is 0 Å². The van der Waals surface area contributed by atoms with Crippen molar-refractivity contribution in [2.45, 2.75) is 47.2 Å². The molecule has 28 heavy (non-hydrogen) atoms. The van der Waals surface area contributed by atoms with Crippen molar-refractivity contribution in [3.63, 3.8) is 0 Å². The Bertz CT molecular complexity index is 701. The van der Waals surface area contributed by atoms with Crippen molar-refractivity contribution in [3.05, 3.63) is 71.7 Å². The number of benzene rings is 1. The van der Waals surface area contributed by atoms with Gasteiger partial charge in [-0.1, -0.05) is 56.3 Å². The molecule has 1 aromatic carbocycles. The van der Waals surface area contributed by atoms with E-state index < -0.39 is 0 Å². The summed E-state index contributed by atoms with van der Waals surface area (Å²) in [5.74, 6) is 0.292. The van der Waals surface area contributed by atoms with Crippen LogP contribution in [-0.4, -0.2) is 41.0 Å². The summed E-state index contributed by atoms with van der Waals surface area (Å²) in [4.78, 5) is 17.3. The molecule has 2 atom stereocenters. The molecule has 154 valence electrons. The number of carbonyl (C=O) groups is 1. The number of hydrogen-bond donors (Lipinski definition) is 1. The molecule has 4 nitrogen and oxygen atoms in total. The van der Waals surface area contributed by atoms with Gasteiger partial charge in [-0.25, -0.2) is 0 Å². The van der Waals surface area contributed by atoms with Gasteiger partial charge in [-0.05, 0) is 51.5 Å². The summed E-state index contributed by atoms with van der Waals surface area (Å²) in [6.07, 6.45) is 7.52. The largest absolute Gasteiger partial charge is 0.513 e. The smallest absolute Gasteiger partial charge is 0.231 e. The Morgan fingerprint density at radius 3 is 2.21 bits per heavy atom. The van der Waals surface area contributed by atoms with Crippen LogP contribution in [0.5, 0.6) is 0 Å². The summed E-state index contributed by atoms with van der Waals surface area (Å²) in [5, 5.41) is 9.39. The summed E-state index contributed by atoms with van der Waals surface area (Å²) in [7, 11) is 3.87. The topological polar surface area (TPSA) is 43.8 Å². The standard InChI is InChI=1S/C24H36N2O2/c1-8-12-22(25(6)17-21-13-10-9-11-14-21)23(18(2)3)24(28)26(7)19(4)15-16-20(5)27/h8-16,18,22-23,27H,17H2,1-7H3/b12-8-,19-15+,20-16+/t22-,23+/m0/s1. The molecule has 0 saturated carbocycles. The minimum Gasteiger partial charge on any atom is -0.513 e. The first-order valence-electron chi connectivity index (χ1n) is 9.87. The number of aliphatic hydroxyl groups excluding tert-OH is 1. The zero-order chi connectivity index (χ0) is 21.3. The molecule has 1 amide bonds. The van der Waals surface area contributed by atoms with Crippen molar-refractivity contribution >= 4 is 5.91 Å². The molecule has 0 spiro atoms. The van der Waals surface area contributed by atoms with E-state index in [1.165, 1.54) is 5.56 Å². The summed E-state index contributed by atoms with van der Waals surface area (Å²) >= 11 is 0. The van der Waals surface area contributed by atoms with E-state index in [4.69, 9.17) is 0 Å². The van der Waals surface area contributed by atoms with Crippen LogP contribution in [0, 0.1) is 11.8 Å². The molecule has 1 rings (SSSR count). The van der Waals surface area contributed by atoms with Crippen LogP contribution < -0.4 is 0 Å². The molecule has 0 saturated heterocycles. The average molecular weight is 385 g/mol. The highest BCUT2D eigenvalue weighted by atomic mass is 16.3. The SMILES string of the molecule is C/C=C\[C@@H]([C@H](C(=O)N(C)/C(C)=C/C=C(\C)O)C(C)C)N(C)Cc1ccccc1. The van der Waals surface area contributed by atoms with Crippen LogP contribution in [0.25, 0.3) is 0 Å². The van der Waals surface area contributed by atoms with Crippen LogP contribution in [-0.2, 0) is 11.3 Å². The van der Waals surface area contributed by atoms with E-state index in [0.717, 1.165) is 12.2 Å². The van der Waals surface area contributed by atoms with Gasteiger partial charge in [-0.3, -0.25) is 9.69 Å². The molecule has 1 N–H and O–H groups in total. The second-order valence-corrected chi connectivity index (χ2v) is 7.70. The van der Waals surface area contributed by atoms with E-state index in [1.54, 1.807) is 31.0 Å². The van der Waals surface area contributed by atoms with Gasteiger partial charge >= 0.3 is 0 Å². The number of nitrogens with zero attached hydrogens (tertiary/aromatic N) is 2. The normalized spacial score (nSPS) is 15.3. The van der Waals surface area contributed by atoms with Gasteiger partial charge in [0.2, 0.25) is 5.91 Å². The molecule has 1 aromatic rings. The third-order valence-corrected chi connectivity index (χ3v) is 4.97. The molecule has 0 radical (unpaired) electrons. The van der Waals surface area contributed by atoms with Gasteiger partial charge in [0.05, 0.1) is 11.7 Å². The number of likely N-dealkylation sites (N-methyl/N-ethyl adjacent to an activating group) is 1. The van der Waals surface area contributed by atoms with Crippen LogP contribution in [0.15, 0.2) is 66.1 Å². The molecule has 0 aromatic heterocycles. The number of aliphatic hydroxyl groups is 1. The Morgan fingerprint density at radius 1 is 1.11 bits per heavy atom. The fraction of sp³-hybridized carbons (Fsp3) is 0.458. The maximum absolute atomic E-state index is 13.4. The molecular formula is C24H36N2O2. The third-order valence-electron chi connectivity index (χ3n) is 4.97. The van der Waals surface area contributed by atoms with Crippen LogP contribution in [0.4, 0.5) is 0 Å². The molecule has 0 heterocycles. The summed E-state index contributed by atoms with van der Waals surface area (Å²) in [6, 6.07) is 10.3. The van der Waals surface area contributed by atoms with E-state index in [9.17, 15) is 9.90 Å². The summed E-state index contributed by atoms with van der Waals surface area (Å²) < 4.78 is 0. The van der Waals surface area contributed by atoms with Gasteiger partial charge in [0.15, 0.2) is 0 Å². The highest BCUT2D eigenvalue weighted by molar-refractivity contribution is 5.81. The van der Waals surface area contributed by atoms with E-state index in [2.05, 4.69) is 44.0 Å². The lowest BCUT2D eigenvalue weighted by Crippen LogP contribution is -2.46. The highest BCUT2D eigenvalue weighted by Crippen LogP contribution is 2.25.